The second kappa shape index (κ2) is 22.6. The molecule has 20 heteroatoms. The van der Waals surface area contributed by atoms with Gasteiger partial charge < -0.3 is 33.6 Å². The first-order valence-corrected chi connectivity index (χ1v) is 27.8. The van der Waals surface area contributed by atoms with Crippen molar-refractivity contribution in [3.05, 3.63) is 61.3 Å². The van der Waals surface area contributed by atoms with Crippen LogP contribution in [0.1, 0.15) is 126 Å². The molecule has 400 valence electrons. The molecule has 0 spiro atoms. The number of fused-ring (bicyclic) bond motifs is 2. The predicted molar refractivity (Wildman–Crippen MR) is 284 cm³/mol. The maximum atomic E-state index is 14.7. The number of ketones is 1. The lowest BCUT2D eigenvalue weighted by molar-refractivity contribution is -0.161. The Bertz CT molecular complexity index is 2910. The highest BCUT2D eigenvalue weighted by Gasteiger charge is 2.62. The van der Waals surface area contributed by atoms with Gasteiger partial charge in [0.25, 0.3) is 0 Å². The number of rotatable bonds is 19. The molecule has 0 radical (unpaired) electrons. The molecule has 0 unspecified atom stereocenters. The second-order valence-corrected chi connectivity index (χ2v) is 24.4. The Hall–Kier alpha value is -4.79. The molecular weight excluding hydrogens is 1090 g/mol. The zero-order valence-corrected chi connectivity index (χ0v) is 47.9. The molecule has 4 aromatic rings. The van der Waals surface area contributed by atoms with Crippen LogP contribution in [-0.2, 0) is 44.8 Å². The van der Waals surface area contributed by atoms with Gasteiger partial charge in [-0.1, -0.05) is 47.5 Å². The van der Waals surface area contributed by atoms with E-state index < -0.39 is 68.2 Å². The lowest BCUT2D eigenvalue weighted by Gasteiger charge is -2.35. The summed E-state index contributed by atoms with van der Waals surface area (Å²) < 4.78 is 62.8. The van der Waals surface area contributed by atoms with Crippen LogP contribution in [0.5, 0.6) is 23.1 Å². The maximum absolute atomic E-state index is 14.7. The second-order valence-electron chi connectivity index (χ2n) is 21.5. The predicted octanol–water partition coefficient (Wildman–Crippen LogP) is 9.70. The summed E-state index contributed by atoms with van der Waals surface area (Å²) in [7, 11) is -1.26. The number of likely N-dealkylation sites (tertiary alicyclic amines) is 1. The summed E-state index contributed by atoms with van der Waals surface area (Å²) in [4.78, 5) is 77.6. The summed E-state index contributed by atoms with van der Waals surface area (Å²) in [5, 5.41) is 1.31. The molecule has 2 amide bonds. The molecule has 0 bridgehead atoms. The van der Waals surface area contributed by atoms with Gasteiger partial charge >= 0.3 is 16.3 Å². The highest BCUT2D eigenvalue weighted by Crippen LogP contribution is 2.58. The van der Waals surface area contributed by atoms with Crippen molar-refractivity contribution in [1.29, 1.82) is 0 Å². The lowest BCUT2D eigenvalue weighted by atomic mass is 9.77. The monoisotopic (exact) mass is 1160 g/mol. The average molecular weight is 1160 g/mol. The van der Waals surface area contributed by atoms with Crippen molar-refractivity contribution in [2.45, 2.75) is 150 Å². The normalized spacial score (nSPS) is 20.6. The lowest BCUT2D eigenvalue weighted by Crippen LogP contribution is -2.49. The first kappa shape index (κ1) is 57.5. The average Bonchev–Trinajstić information content (AvgIpc) is 4.16. The van der Waals surface area contributed by atoms with E-state index in [0.717, 1.165) is 16.6 Å². The van der Waals surface area contributed by atoms with E-state index in [2.05, 4.69) is 48.5 Å². The van der Waals surface area contributed by atoms with Crippen LogP contribution < -0.4 is 29.1 Å². The van der Waals surface area contributed by atoms with Crippen molar-refractivity contribution in [2.24, 2.45) is 22.7 Å². The van der Waals surface area contributed by atoms with E-state index in [0.29, 0.717) is 88.1 Å². The molecule has 5 atom stereocenters. The number of ether oxygens (including phenoxy) is 5. The summed E-state index contributed by atoms with van der Waals surface area (Å²) in [6.45, 7) is 18.9. The number of nitrogens with one attached hydrogen (secondary N) is 2. The molecule has 73 heavy (non-hydrogen) atoms. The van der Waals surface area contributed by atoms with Crippen LogP contribution in [-0.4, -0.2) is 97.6 Å². The van der Waals surface area contributed by atoms with Crippen molar-refractivity contribution in [3.63, 3.8) is 0 Å². The maximum Gasteiger partial charge on any atom is 0.362 e. The number of aromatic nitrogens is 2. The third-order valence-corrected chi connectivity index (χ3v) is 16.1. The fraction of sp³-hybridized carbons (Fsp3) is 0.585. The number of aryl methyl sites for hydroxylation is 1. The Morgan fingerprint density at radius 3 is 2.14 bits per heavy atom. The van der Waals surface area contributed by atoms with E-state index in [-0.39, 0.29) is 42.9 Å². The molecule has 17 nitrogen and oxygen atoms in total. The number of hydrogen-bond donors (Lipinski definition) is 2. The number of nitrogens with zero attached hydrogens (tertiary/aromatic N) is 2. The number of H-pyrrole nitrogens is 1. The van der Waals surface area contributed by atoms with E-state index in [1.165, 1.54) is 11.0 Å². The van der Waals surface area contributed by atoms with Crippen LogP contribution in [0.4, 0.5) is 0 Å². The van der Waals surface area contributed by atoms with Crippen molar-refractivity contribution >= 4 is 87.5 Å². The molecule has 2 aromatic carbocycles. The largest absolute Gasteiger partial charge is 0.495 e. The van der Waals surface area contributed by atoms with Gasteiger partial charge in [-0.2, -0.15) is 8.42 Å². The highest BCUT2D eigenvalue weighted by molar-refractivity contribution is 9.11. The number of Topliss-reactive ketones (excluding diaryl/α,β-unsaturated/α-hetero) is 1. The number of hydrogen-bond acceptors (Lipinski definition) is 14. The van der Waals surface area contributed by atoms with E-state index in [4.69, 9.17) is 32.9 Å². The van der Waals surface area contributed by atoms with Gasteiger partial charge in [0.15, 0.2) is 17.1 Å². The van der Waals surface area contributed by atoms with E-state index in [1.54, 1.807) is 54.0 Å². The van der Waals surface area contributed by atoms with Gasteiger partial charge in [0.2, 0.25) is 11.8 Å². The van der Waals surface area contributed by atoms with Gasteiger partial charge in [0.05, 0.1) is 76.7 Å². The van der Waals surface area contributed by atoms with Crippen LogP contribution in [0.15, 0.2) is 50.1 Å². The Morgan fingerprint density at radius 1 is 0.932 bits per heavy atom. The van der Waals surface area contributed by atoms with Crippen molar-refractivity contribution in [1.82, 2.24) is 19.6 Å². The van der Waals surface area contributed by atoms with Crippen LogP contribution in [0.3, 0.4) is 0 Å². The van der Waals surface area contributed by atoms with E-state index >= 15 is 0 Å². The van der Waals surface area contributed by atoms with Gasteiger partial charge in [0.1, 0.15) is 29.0 Å². The van der Waals surface area contributed by atoms with Crippen LogP contribution in [0.2, 0.25) is 0 Å². The summed E-state index contributed by atoms with van der Waals surface area (Å²) >= 11 is 7.05. The summed E-state index contributed by atoms with van der Waals surface area (Å²) in [6, 6.07) is 9.47. The zero-order valence-electron chi connectivity index (χ0n) is 43.9. The first-order chi connectivity index (χ1) is 34.1. The van der Waals surface area contributed by atoms with E-state index in [1.807, 2.05) is 52.8 Å². The fourth-order valence-corrected chi connectivity index (χ4v) is 11.7. The quantitative estimate of drug-likeness (QED) is 0.0836. The van der Waals surface area contributed by atoms with Crippen LogP contribution in [0.25, 0.3) is 21.8 Å². The van der Waals surface area contributed by atoms with Crippen molar-refractivity contribution < 1.29 is 55.5 Å². The highest BCUT2D eigenvalue weighted by atomic mass is 79.9. The minimum atomic E-state index is -4.41. The van der Waals surface area contributed by atoms with Crippen molar-refractivity contribution in [3.8, 4) is 23.1 Å². The third kappa shape index (κ3) is 13.7. The number of halogens is 2. The number of benzene rings is 2. The smallest absolute Gasteiger partial charge is 0.362 e. The minimum Gasteiger partial charge on any atom is -0.495 e. The molecule has 3 fully saturated rings. The molecule has 1 saturated heterocycles. The number of aromatic amines is 1. The van der Waals surface area contributed by atoms with Gasteiger partial charge in [0, 0.05) is 41.4 Å². The molecule has 7 rings (SSSR count). The molecular formula is C53H70Br2N4O13S. The molecule has 3 heterocycles. The summed E-state index contributed by atoms with van der Waals surface area (Å²) in [6.07, 6.45) is 2.51. The van der Waals surface area contributed by atoms with Crippen LogP contribution >= 0.6 is 31.9 Å². The van der Waals surface area contributed by atoms with Gasteiger partial charge in [-0.05, 0) is 128 Å². The fourth-order valence-electron chi connectivity index (χ4n) is 9.33. The Labute approximate surface area is 445 Å². The number of esters is 1. The summed E-state index contributed by atoms with van der Waals surface area (Å²) in [5.74, 6) is -0.912. The number of amides is 2. The number of carbonyl (C=O) groups is 4. The van der Waals surface area contributed by atoms with E-state index in [9.17, 15) is 32.4 Å². The van der Waals surface area contributed by atoms with Crippen LogP contribution in [0, 0.1) is 22.7 Å². The van der Waals surface area contributed by atoms with Crippen molar-refractivity contribution in [2.75, 3.05) is 27.4 Å². The Balaban J connectivity index is 0.000000429. The SMILES string of the molecule is CCCc1cc(O[C@@H]2C[C@@H](C(=O)C[C@]3(C(=O)NS(=O)(=O)OC4(C)CC4)C[C@H]3CC)N(C(=O)[C@@H](CC(=O)OC(C)(C)C)C(C)(C)C)C2)c2ccc(OC)c(Br)c2n1.CCOc1cc(=O)c2ccc(OC)c(Br)c2[nH]1. The number of methoxy groups -OCH3 is 2. The van der Waals surface area contributed by atoms with Gasteiger partial charge in [-0.3, -0.25) is 29.0 Å². The zero-order chi connectivity index (χ0) is 54.0. The first-order valence-electron chi connectivity index (χ1n) is 24.8. The standard InChI is InChI=1S/C41H58BrN3O10S.C12H12BrNO3/c1-11-13-25-18-32(27-14-15-31(52-10)34(42)35(27)43-25)53-26-19-29(45(23-26)36(48)28(38(3,4)5)20-33(47)54-39(6,7)8)30(46)22-41(21-24(41)12-2)37(49)44-56(50,51)55-40(9)16-17-40;1-3-17-10-6-8(15)7-4-5-9(16-2)11(13)12(7)14-10/h14-15,18,24,26,28-29H,11-13,16-17,19-23H2,1-10H3,(H,44,49);4-6H,3H2,1-2H3,(H,14,15)/t24-,26-,28-,29+,41-;/m1./s1. The summed E-state index contributed by atoms with van der Waals surface area (Å²) in [5.41, 5.74) is -1.52. The molecule has 2 saturated carbocycles. The minimum absolute atomic E-state index is 0.0393. The number of carbonyl (C=O) groups excluding carboxylic acids is 4. The molecule has 3 aliphatic rings. The van der Waals surface area contributed by atoms with Gasteiger partial charge in [-0.25, -0.2) is 8.91 Å². The molecule has 2 aliphatic carbocycles. The Morgan fingerprint density at radius 2 is 1.58 bits per heavy atom. The Kier molecular flexibility index (Phi) is 17.8. The molecule has 2 N–H and O–H groups in total. The van der Waals surface area contributed by atoms with Gasteiger partial charge in [-0.15, -0.1) is 0 Å². The molecule has 2 aromatic heterocycles. The molecule has 1 aliphatic heterocycles. The number of pyridine rings is 2. The topological polar surface area (TPSA) is 219 Å². The third-order valence-electron chi connectivity index (χ3n) is 13.5.